The smallest absolute Gasteiger partial charge is 0.160 e. The molecule has 6 aromatic carbocycles. The molecule has 218 valence electrons. The topological polar surface area (TPSA) is 25.8 Å². The number of hydrogen-bond donors (Lipinski definition) is 0. The fourth-order valence-electron chi connectivity index (χ4n) is 7.20. The van der Waals surface area contributed by atoms with Crippen molar-refractivity contribution >= 4 is 31.5 Å². The van der Waals surface area contributed by atoms with E-state index in [4.69, 9.17) is 9.97 Å². The molecular formula is C43H30N2S. The largest absolute Gasteiger partial charge is 0.228 e. The zero-order valence-corrected chi connectivity index (χ0v) is 26.5. The van der Waals surface area contributed by atoms with Crippen molar-refractivity contribution in [2.75, 3.05) is 0 Å². The van der Waals surface area contributed by atoms with E-state index in [2.05, 4.69) is 135 Å². The molecule has 0 amide bonds. The molecule has 0 N–H and O–H groups in total. The average Bonchev–Trinajstić information content (AvgIpc) is 3.61. The van der Waals surface area contributed by atoms with Gasteiger partial charge in [-0.1, -0.05) is 141 Å². The lowest BCUT2D eigenvalue weighted by Gasteiger charge is -2.22. The fraction of sp³-hybridized carbons (Fsp3) is 0.0698. The van der Waals surface area contributed by atoms with Crippen LogP contribution in [0.2, 0.25) is 0 Å². The minimum atomic E-state index is -0.0552. The van der Waals surface area contributed by atoms with E-state index in [0.717, 1.165) is 33.9 Å². The standard InChI is InChI=1S/C43H30N2S/c1-43(2)35-19-11-9-17-31(35)32-22-21-29(25-36(32)43)30-23-24-33(41-40(30)34-18-10-12-20-39(34)46-41)38-26-37(27-13-5-3-6-14-27)44-42(45-38)28-15-7-4-8-16-28/h3-26H,1-2H3. The third-order valence-corrected chi connectivity index (χ3v) is 10.7. The number of thiophene rings is 1. The molecule has 0 atom stereocenters. The van der Waals surface area contributed by atoms with Crippen LogP contribution in [0.1, 0.15) is 25.0 Å². The number of hydrogen-bond acceptors (Lipinski definition) is 3. The van der Waals surface area contributed by atoms with Crippen LogP contribution >= 0.6 is 11.3 Å². The van der Waals surface area contributed by atoms with Gasteiger partial charge < -0.3 is 0 Å². The lowest BCUT2D eigenvalue weighted by Crippen LogP contribution is -2.14. The van der Waals surface area contributed by atoms with Crippen LogP contribution in [0, 0.1) is 0 Å². The van der Waals surface area contributed by atoms with Crippen molar-refractivity contribution in [2.24, 2.45) is 0 Å². The zero-order chi connectivity index (χ0) is 30.8. The van der Waals surface area contributed by atoms with Crippen molar-refractivity contribution < 1.29 is 0 Å². The predicted octanol–water partition coefficient (Wildman–Crippen LogP) is 11.8. The summed E-state index contributed by atoms with van der Waals surface area (Å²) < 4.78 is 2.53. The molecule has 0 bridgehead atoms. The number of fused-ring (bicyclic) bond motifs is 6. The Balaban J connectivity index is 1.28. The molecule has 0 spiro atoms. The molecular weight excluding hydrogens is 577 g/mol. The zero-order valence-electron chi connectivity index (χ0n) is 25.7. The Bertz CT molecular complexity index is 2380. The van der Waals surface area contributed by atoms with E-state index in [-0.39, 0.29) is 5.41 Å². The minimum Gasteiger partial charge on any atom is -0.228 e. The predicted molar refractivity (Wildman–Crippen MR) is 194 cm³/mol. The maximum absolute atomic E-state index is 5.21. The Kier molecular flexibility index (Phi) is 6.06. The van der Waals surface area contributed by atoms with Crippen LogP contribution < -0.4 is 0 Å². The van der Waals surface area contributed by atoms with Gasteiger partial charge in [0.1, 0.15) is 0 Å². The highest BCUT2D eigenvalue weighted by molar-refractivity contribution is 7.26. The minimum absolute atomic E-state index is 0.0552. The summed E-state index contributed by atoms with van der Waals surface area (Å²) in [4.78, 5) is 10.3. The lowest BCUT2D eigenvalue weighted by atomic mass is 9.81. The first-order chi connectivity index (χ1) is 22.6. The molecule has 0 fully saturated rings. The van der Waals surface area contributed by atoms with Crippen molar-refractivity contribution in [3.8, 4) is 56.2 Å². The number of aromatic nitrogens is 2. The second-order valence-corrected chi connectivity index (χ2v) is 13.6. The van der Waals surface area contributed by atoms with Gasteiger partial charge in [0.2, 0.25) is 0 Å². The molecule has 1 aliphatic carbocycles. The highest BCUT2D eigenvalue weighted by Gasteiger charge is 2.35. The summed E-state index contributed by atoms with van der Waals surface area (Å²) in [5, 5.41) is 2.57. The van der Waals surface area contributed by atoms with Crippen molar-refractivity contribution in [3.05, 3.63) is 157 Å². The Labute approximate surface area is 272 Å². The lowest BCUT2D eigenvalue weighted by molar-refractivity contribution is 0.660. The average molecular weight is 607 g/mol. The van der Waals surface area contributed by atoms with Gasteiger partial charge in [-0.15, -0.1) is 11.3 Å². The third kappa shape index (κ3) is 4.16. The van der Waals surface area contributed by atoms with E-state index in [0.29, 0.717) is 0 Å². The van der Waals surface area contributed by atoms with E-state index < -0.39 is 0 Å². The molecule has 3 heteroatoms. The Morgan fingerprint density at radius 1 is 0.478 bits per heavy atom. The summed E-state index contributed by atoms with van der Waals surface area (Å²) in [6.07, 6.45) is 0. The Hall–Kier alpha value is -5.38. The molecule has 0 saturated carbocycles. The highest BCUT2D eigenvalue weighted by Crippen LogP contribution is 2.51. The molecule has 9 rings (SSSR count). The Morgan fingerprint density at radius 3 is 1.93 bits per heavy atom. The fourth-order valence-corrected chi connectivity index (χ4v) is 8.45. The maximum atomic E-state index is 5.21. The van der Waals surface area contributed by atoms with Gasteiger partial charge in [0, 0.05) is 42.3 Å². The van der Waals surface area contributed by atoms with Gasteiger partial charge in [-0.05, 0) is 51.6 Å². The van der Waals surface area contributed by atoms with Crippen molar-refractivity contribution in [1.29, 1.82) is 0 Å². The molecule has 2 heterocycles. The van der Waals surface area contributed by atoms with E-state index in [1.165, 1.54) is 53.6 Å². The third-order valence-electron chi connectivity index (χ3n) is 9.52. The van der Waals surface area contributed by atoms with Gasteiger partial charge in [-0.25, -0.2) is 9.97 Å². The van der Waals surface area contributed by atoms with Crippen LogP contribution in [0.3, 0.4) is 0 Å². The van der Waals surface area contributed by atoms with Crippen LogP contribution in [0.15, 0.2) is 146 Å². The molecule has 0 aliphatic heterocycles. The maximum Gasteiger partial charge on any atom is 0.160 e. The van der Waals surface area contributed by atoms with Crippen molar-refractivity contribution in [2.45, 2.75) is 19.3 Å². The Morgan fingerprint density at radius 2 is 1.11 bits per heavy atom. The molecule has 46 heavy (non-hydrogen) atoms. The van der Waals surface area contributed by atoms with Crippen LogP contribution in [0.25, 0.3) is 76.3 Å². The first-order valence-corrected chi connectivity index (χ1v) is 16.6. The first kappa shape index (κ1) is 27.0. The molecule has 2 aromatic heterocycles. The molecule has 1 aliphatic rings. The monoisotopic (exact) mass is 606 g/mol. The van der Waals surface area contributed by atoms with Crippen molar-refractivity contribution in [1.82, 2.24) is 9.97 Å². The van der Waals surface area contributed by atoms with Gasteiger partial charge in [0.25, 0.3) is 0 Å². The SMILES string of the molecule is CC1(C)c2ccccc2-c2ccc(-c3ccc(-c4cc(-c5ccccc5)nc(-c5ccccc5)n4)c4sc5ccccc5c34)cc21. The molecule has 0 radical (unpaired) electrons. The van der Waals surface area contributed by atoms with Crippen LogP contribution in [0.4, 0.5) is 0 Å². The molecule has 2 nitrogen and oxygen atoms in total. The summed E-state index contributed by atoms with van der Waals surface area (Å²) >= 11 is 1.85. The van der Waals surface area contributed by atoms with E-state index in [1.807, 2.05) is 35.6 Å². The van der Waals surface area contributed by atoms with Crippen LogP contribution in [0.5, 0.6) is 0 Å². The summed E-state index contributed by atoms with van der Waals surface area (Å²) in [7, 11) is 0. The first-order valence-electron chi connectivity index (χ1n) is 15.8. The number of rotatable bonds is 4. The van der Waals surface area contributed by atoms with Gasteiger partial charge in [-0.2, -0.15) is 0 Å². The second kappa shape index (κ2) is 10.3. The summed E-state index contributed by atoms with van der Waals surface area (Å²) in [5.74, 6) is 0.732. The summed E-state index contributed by atoms with van der Waals surface area (Å²) in [6.45, 7) is 4.70. The van der Waals surface area contributed by atoms with Crippen LogP contribution in [-0.2, 0) is 5.41 Å². The molecule has 8 aromatic rings. The number of benzene rings is 6. The molecule has 0 saturated heterocycles. The normalized spacial score (nSPS) is 13.2. The van der Waals surface area contributed by atoms with Gasteiger partial charge in [0.05, 0.1) is 11.4 Å². The van der Waals surface area contributed by atoms with Gasteiger partial charge >= 0.3 is 0 Å². The summed E-state index contributed by atoms with van der Waals surface area (Å²) in [5.41, 5.74) is 13.0. The van der Waals surface area contributed by atoms with E-state index >= 15 is 0 Å². The van der Waals surface area contributed by atoms with Gasteiger partial charge in [0.15, 0.2) is 5.82 Å². The quantitative estimate of drug-likeness (QED) is 0.199. The van der Waals surface area contributed by atoms with Gasteiger partial charge in [-0.3, -0.25) is 0 Å². The highest BCUT2D eigenvalue weighted by atomic mass is 32.1. The second-order valence-electron chi connectivity index (χ2n) is 12.6. The number of nitrogens with zero attached hydrogens (tertiary/aromatic N) is 2. The van der Waals surface area contributed by atoms with E-state index in [9.17, 15) is 0 Å². The summed E-state index contributed by atoms with van der Waals surface area (Å²) in [6, 6.07) is 52.1. The van der Waals surface area contributed by atoms with Crippen LogP contribution in [-0.4, -0.2) is 9.97 Å². The van der Waals surface area contributed by atoms with Crippen molar-refractivity contribution in [3.63, 3.8) is 0 Å². The molecule has 0 unspecified atom stereocenters. The van der Waals surface area contributed by atoms with E-state index in [1.54, 1.807) is 0 Å².